The lowest BCUT2D eigenvalue weighted by atomic mass is 9.95. The van der Waals surface area contributed by atoms with E-state index in [1.165, 1.54) is 32.5 Å². The van der Waals surface area contributed by atoms with E-state index < -0.39 is 0 Å². The minimum absolute atomic E-state index is 0.715. The van der Waals surface area contributed by atoms with Crippen LogP contribution in [0.1, 0.15) is 26.7 Å². The van der Waals surface area contributed by atoms with Gasteiger partial charge in [0.25, 0.3) is 0 Å². The lowest BCUT2D eigenvalue weighted by molar-refractivity contribution is 0.324. The molecular formula is C10H22N2. The van der Waals surface area contributed by atoms with E-state index >= 15 is 0 Å². The Bertz CT molecular complexity index is 125. The fraction of sp³-hybridized carbons (Fsp3) is 1.00. The summed E-state index contributed by atoms with van der Waals surface area (Å²) in [4.78, 5) is 2.54. The molecule has 1 rings (SSSR count). The highest BCUT2D eigenvalue weighted by Gasteiger charge is 2.21. The van der Waals surface area contributed by atoms with Crippen LogP contribution in [0, 0.1) is 11.8 Å². The van der Waals surface area contributed by atoms with Gasteiger partial charge in [0.15, 0.2) is 0 Å². The van der Waals surface area contributed by atoms with Crippen molar-refractivity contribution in [2.24, 2.45) is 17.6 Å². The monoisotopic (exact) mass is 170 g/mol. The molecule has 1 heterocycles. The second-order valence-corrected chi connectivity index (χ2v) is 4.12. The van der Waals surface area contributed by atoms with Gasteiger partial charge >= 0.3 is 0 Å². The zero-order valence-electron chi connectivity index (χ0n) is 8.42. The van der Waals surface area contributed by atoms with E-state index in [1.807, 2.05) is 0 Å². The molecule has 0 aromatic carbocycles. The Morgan fingerprint density at radius 2 is 2.33 bits per heavy atom. The van der Waals surface area contributed by atoms with E-state index in [1.54, 1.807) is 0 Å². The number of nitrogens with zero attached hydrogens (tertiary/aromatic N) is 1. The fourth-order valence-electron chi connectivity index (χ4n) is 2.06. The predicted octanol–water partition coefficient (Wildman–Crippen LogP) is 1.31. The van der Waals surface area contributed by atoms with Crippen LogP contribution in [0.5, 0.6) is 0 Å². The lowest BCUT2D eigenvalue weighted by Crippen LogP contribution is -2.21. The topological polar surface area (TPSA) is 29.3 Å². The van der Waals surface area contributed by atoms with Crippen LogP contribution in [0.25, 0.3) is 0 Å². The first-order valence-electron chi connectivity index (χ1n) is 5.18. The molecule has 12 heavy (non-hydrogen) atoms. The molecule has 2 heteroatoms. The molecule has 1 aliphatic heterocycles. The van der Waals surface area contributed by atoms with Crippen LogP contribution in [0.2, 0.25) is 0 Å². The molecule has 0 aromatic rings. The number of rotatable bonds is 4. The molecule has 1 saturated heterocycles. The predicted molar refractivity (Wildman–Crippen MR) is 53.1 cm³/mol. The van der Waals surface area contributed by atoms with Crippen molar-refractivity contribution in [3.63, 3.8) is 0 Å². The first kappa shape index (κ1) is 10.0. The van der Waals surface area contributed by atoms with E-state index in [4.69, 9.17) is 5.73 Å². The zero-order chi connectivity index (χ0) is 8.97. The maximum absolute atomic E-state index is 5.60. The van der Waals surface area contributed by atoms with Crippen LogP contribution < -0.4 is 5.73 Å². The molecule has 0 amide bonds. The Morgan fingerprint density at radius 3 is 2.83 bits per heavy atom. The highest BCUT2D eigenvalue weighted by atomic mass is 15.1. The van der Waals surface area contributed by atoms with Crippen molar-refractivity contribution in [3.8, 4) is 0 Å². The normalized spacial score (nSPS) is 27.8. The van der Waals surface area contributed by atoms with Crippen LogP contribution in [-0.4, -0.2) is 31.1 Å². The third-order valence-corrected chi connectivity index (χ3v) is 2.96. The fourth-order valence-corrected chi connectivity index (χ4v) is 2.06. The van der Waals surface area contributed by atoms with Crippen molar-refractivity contribution in [3.05, 3.63) is 0 Å². The Hall–Kier alpha value is -0.0800. The standard InChI is InChI=1S/C10H22N2/c1-3-12-5-4-10(8-12)6-9(2)7-11/h9-10H,3-8,11H2,1-2H3. The third kappa shape index (κ3) is 2.76. The van der Waals surface area contributed by atoms with E-state index in [-0.39, 0.29) is 0 Å². The Balaban J connectivity index is 2.18. The van der Waals surface area contributed by atoms with Crippen LogP contribution in [0.4, 0.5) is 0 Å². The summed E-state index contributed by atoms with van der Waals surface area (Å²) in [6.07, 6.45) is 2.71. The van der Waals surface area contributed by atoms with Crippen molar-refractivity contribution in [1.82, 2.24) is 4.90 Å². The molecule has 0 saturated carbocycles. The van der Waals surface area contributed by atoms with Gasteiger partial charge in [-0.15, -0.1) is 0 Å². The number of nitrogens with two attached hydrogens (primary N) is 1. The molecule has 0 spiro atoms. The van der Waals surface area contributed by atoms with Crippen molar-refractivity contribution in [2.75, 3.05) is 26.2 Å². The lowest BCUT2D eigenvalue weighted by Gasteiger charge is -2.15. The Morgan fingerprint density at radius 1 is 1.58 bits per heavy atom. The molecular weight excluding hydrogens is 148 g/mol. The van der Waals surface area contributed by atoms with Gasteiger partial charge in [0.05, 0.1) is 0 Å². The van der Waals surface area contributed by atoms with Gasteiger partial charge in [0.1, 0.15) is 0 Å². The molecule has 2 N–H and O–H groups in total. The van der Waals surface area contributed by atoms with Crippen LogP contribution in [0.15, 0.2) is 0 Å². The summed E-state index contributed by atoms with van der Waals surface area (Å²) in [6.45, 7) is 9.18. The summed E-state index contributed by atoms with van der Waals surface area (Å²) in [5, 5.41) is 0. The second-order valence-electron chi connectivity index (χ2n) is 4.12. The molecule has 2 nitrogen and oxygen atoms in total. The van der Waals surface area contributed by atoms with Crippen molar-refractivity contribution in [1.29, 1.82) is 0 Å². The van der Waals surface area contributed by atoms with Crippen LogP contribution in [-0.2, 0) is 0 Å². The molecule has 72 valence electrons. The molecule has 0 aromatic heterocycles. The zero-order valence-corrected chi connectivity index (χ0v) is 8.42. The minimum atomic E-state index is 0.715. The smallest absolute Gasteiger partial charge is 0.00101 e. The molecule has 1 fully saturated rings. The molecule has 0 radical (unpaired) electrons. The average molecular weight is 170 g/mol. The van der Waals surface area contributed by atoms with Crippen molar-refractivity contribution >= 4 is 0 Å². The van der Waals surface area contributed by atoms with E-state index in [0.29, 0.717) is 5.92 Å². The SMILES string of the molecule is CCN1CCC(CC(C)CN)C1. The van der Waals surface area contributed by atoms with Crippen molar-refractivity contribution < 1.29 is 0 Å². The maximum Gasteiger partial charge on any atom is 0.00101 e. The van der Waals surface area contributed by atoms with E-state index in [9.17, 15) is 0 Å². The number of likely N-dealkylation sites (tertiary alicyclic amines) is 1. The molecule has 2 unspecified atom stereocenters. The summed E-state index contributed by atoms with van der Waals surface area (Å²) in [6, 6.07) is 0. The van der Waals surface area contributed by atoms with Crippen LogP contribution in [0.3, 0.4) is 0 Å². The maximum atomic E-state index is 5.60. The number of hydrogen-bond donors (Lipinski definition) is 1. The first-order valence-corrected chi connectivity index (χ1v) is 5.18. The molecule has 0 aliphatic carbocycles. The van der Waals surface area contributed by atoms with E-state index in [2.05, 4.69) is 18.7 Å². The first-order chi connectivity index (χ1) is 5.76. The van der Waals surface area contributed by atoms with Gasteiger partial charge in [-0.05, 0) is 44.3 Å². The van der Waals surface area contributed by atoms with Gasteiger partial charge in [0, 0.05) is 6.54 Å². The molecule has 1 aliphatic rings. The summed E-state index contributed by atoms with van der Waals surface area (Å²) in [7, 11) is 0. The summed E-state index contributed by atoms with van der Waals surface area (Å²) in [5.41, 5.74) is 5.60. The Kier molecular flexibility index (Phi) is 4.02. The minimum Gasteiger partial charge on any atom is -0.330 e. The van der Waals surface area contributed by atoms with Crippen LogP contribution >= 0.6 is 0 Å². The van der Waals surface area contributed by atoms with E-state index in [0.717, 1.165) is 12.5 Å². The molecule has 0 bridgehead atoms. The highest BCUT2D eigenvalue weighted by Crippen LogP contribution is 2.22. The molecule has 2 atom stereocenters. The summed E-state index contributed by atoms with van der Waals surface area (Å²) in [5.74, 6) is 1.63. The second kappa shape index (κ2) is 4.83. The van der Waals surface area contributed by atoms with Crippen molar-refractivity contribution in [2.45, 2.75) is 26.7 Å². The van der Waals surface area contributed by atoms with Gasteiger partial charge in [-0.3, -0.25) is 0 Å². The summed E-state index contributed by atoms with van der Waals surface area (Å²) < 4.78 is 0. The van der Waals surface area contributed by atoms with Gasteiger partial charge in [-0.2, -0.15) is 0 Å². The van der Waals surface area contributed by atoms with Gasteiger partial charge < -0.3 is 10.6 Å². The number of hydrogen-bond acceptors (Lipinski definition) is 2. The van der Waals surface area contributed by atoms with Gasteiger partial charge in [-0.1, -0.05) is 13.8 Å². The quantitative estimate of drug-likeness (QED) is 0.689. The average Bonchev–Trinajstić information content (AvgIpc) is 2.52. The Labute approximate surface area is 76.1 Å². The highest BCUT2D eigenvalue weighted by molar-refractivity contribution is 4.76. The largest absolute Gasteiger partial charge is 0.330 e. The van der Waals surface area contributed by atoms with Gasteiger partial charge in [-0.25, -0.2) is 0 Å². The third-order valence-electron chi connectivity index (χ3n) is 2.96. The summed E-state index contributed by atoms with van der Waals surface area (Å²) >= 11 is 0. The van der Waals surface area contributed by atoms with Gasteiger partial charge in [0.2, 0.25) is 0 Å².